The predicted molar refractivity (Wildman–Crippen MR) is 205 cm³/mol. The van der Waals surface area contributed by atoms with Crippen molar-refractivity contribution in [2.75, 3.05) is 39.3 Å². The molecule has 59 heavy (non-hydrogen) atoms. The Hall–Kier alpha value is -4.61. The van der Waals surface area contributed by atoms with Gasteiger partial charge in [0.05, 0.1) is 33.6 Å². The molecule has 2 saturated heterocycles. The van der Waals surface area contributed by atoms with Crippen molar-refractivity contribution < 1.29 is 65.9 Å². The number of piperidine rings is 1. The number of aliphatic hydroxyl groups is 1. The van der Waals surface area contributed by atoms with E-state index in [0.29, 0.717) is 47.7 Å². The highest BCUT2D eigenvalue weighted by Crippen LogP contribution is 2.37. The third-order valence-electron chi connectivity index (χ3n) is 9.19. The number of H-pyrrole nitrogens is 1. The molecule has 2 aromatic heterocycles. The Balaban J connectivity index is 0.000000471. The first-order valence-corrected chi connectivity index (χ1v) is 19.6. The van der Waals surface area contributed by atoms with Crippen molar-refractivity contribution in [3.05, 3.63) is 78.8 Å². The monoisotopic (exact) mass is 879 g/mol. The lowest BCUT2D eigenvalue weighted by atomic mass is 9.86. The quantitative estimate of drug-likeness (QED) is 0.0914. The fourth-order valence-corrected chi connectivity index (χ4v) is 8.19. The number of nitrogens with zero attached hydrogens (tertiary/aromatic N) is 3. The van der Waals surface area contributed by atoms with Gasteiger partial charge in [-0.1, -0.05) is 41.7 Å². The summed E-state index contributed by atoms with van der Waals surface area (Å²) in [7, 11) is 0. The minimum Gasteiger partial charge on any atom is -0.506 e. The summed E-state index contributed by atoms with van der Waals surface area (Å²) in [5.74, 6) is -5.52. The van der Waals surface area contributed by atoms with E-state index in [4.69, 9.17) is 24.5 Å². The number of amides is 1. The predicted octanol–water partition coefficient (Wildman–Crippen LogP) is 5.48. The standard InChI is InChI=1S/C33H41N5O5S2.2C2HF3O2/c1-21-35-25(18-44-21)30(41)38-19-32(2,3)43-33(20-38)10-13-37(14-11-33)17-23-6-4-5-22(15-23)9-12-34-16-27(40)24-7-8-26(39)28-29(24)45-31(42)36-28;2*3-2(4,5)1(6)7/h4-8,15,18,27,34,39-40H,9-14,16-17,19-20H2,1-3H3,(H,36,42);2*(H,6,7)/t27-;;/m0../s1. The zero-order valence-electron chi connectivity index (χ0n) is 31.9. The van der Waals surface area contributed by atoms with Gasteiger partial charge in [0.1, 0.15) is 17.0 Å². The average molecular weight is 880 g/mol. The molecule has 6 rings (SSSR count). The number of hydrogen-bond acceptors (Lipinski definition) is 12. The van der Waals surface area contributed by atoms with Crippen molar-refractivity contribution in [1.29, 1.82) is 0 Å². The second-order valence-corrected chi connectivity index (χ2v) is 16.6. The number of carboxylic acid groups (broad SMARTS) is 2. The summed E-state index contributed by atoms with van der Waals surface area (Å²) in [6.07, 6.45) is -8.41. The molecule has 14 nitrogen and oxygen atoms in total. The van der Waals surface area contributed by atoms with Crippen molar-refractivity contribution in [2.45, 2.75) is 76.2 Å². The average Bonchev–Trinajstić information content (AvgIpc) is 3.76. The number of aromatic nitrogens is 2. The van der Waals surface area contributed by atoms with Crippen LogP contribution in [0.1, 0.15) is 65.0 Å². The Kier molecular flexibility index (Phi) is 15.3. The Morgan fingerprint density at radius 1 is 1.00 bits per heavy atom. The summed E-state index contributed by atoms with van der Waals surface area (Å²) in [5, 5.41) is 41.1. The van der Waals surface area contributed by atoms with Crippen LogP contribution >= 0.6 is 22.7 Å². The van der Waals surface area contributed by atoms with E-state index in [2.05, 4.69) is 58.3 Å². The normalized spacial score (nSPS) is 17.1. The molecule has 2 aliphatic heterocycles. The summed E-state index contributed by atoms with van der Waals surface area (Å²) in [6.45, 7) is 10.9. The maximum atomic E-state index is 13.3. The molecule has 2 fully saturated rings. The van der Waals surface area contributed by atoms with Crippen LogP contribution in [0.25, 0.3) is 10.2 Å². The van der Waals surface area contributed by atoms with Crippen LogP contribution in [0, 0.1) is 6.92 Å². The van der Waals surface area contributed by atoms with Gasteiger partial charge in [0.2, 0.25) is 0 Å². The van der Waals surface area contributed by atoms with Crippen LogP contribution in [-0.4, -0.2) is 121 Å². The molecule has 0 unspecified atom stereocenters. The molecular weight excluding hydrogens is 837 g/mol. The van der Waals surface area contributed by atoms with E-state index in [0.717, 1.165) is 55.2 Å². The number of alkyl halides is 6. The number of nitrogens with one attached hydrogen (secondary N) is 2. The number of likely N-dealkylation sites (tertiary alicyclic amines) is 1. The number of halogens is 6. The Bertz CT molecular complexity index is 2120. The smallest absolute Gasteiger partial charge is 0.490 e. The first kappa shape index (κ1) is 47.1. The largest absolute Gasteiger partial charge is 0.506 e. The Morgan fingerprint density at radius 2 is 1.61 bits per heavy atom. The van der Waals surface area contributed by atoms with Crippen molar-refractivity contribution in [3.8, 4) is 5.75 Å². The molecule has 0 saturated carbocycles. The number of aryl methyl sites for hydroxylation is 1. The first-order valence-electron chi connectivity index (χ1n) is 17.9. The van der Waals surface area contributed by atoms with Crippen molar-refractivity contribution >= 4 is 50.7 Å². The number of morpholine rings is 1. The van der Waals surface area contributed by atoms with Gasteiger partial charge >= 0.3 is 29.2 Å². The van der Waals surface area contributed by atoms with Crippen LogP contribution in [0.3, 0.4) is 0 Å². The van der Waals surface area contributed by atoms with Gasteiger partial charge in [-0.15, -0.1) is 11.3 Å². The number of carboxylic acids is 2. The Labute approximate surface area is 341 Å². The van der Waals surface area contributed by atoms with Gasteiger partial charge in [0.25, 0.3) is 5.91 Å². The van der Waals surface area contributed by atoms with Crippen LogP contribution in [-0.2, 0) is 27.3 Å². The first-order chi connectivity index (χ1) is 27.4. The van der Waals surface area contributed by atoms with E-state index in [1.54, 1.807) is 6.07 Å². The fourth-order valence-electron chi connectivity index (χ4n) is 6.69. The number of aromatic hydroxyl groups is 1. The molecule has 1 amide bonds. The molecule has 1 spiro atoms. The lowest BCUT2D eigenvalue weighted by molar-refractivity contribution is -0.205. The number of carbonyl (C=O) groups is 3. The van der Waals surface area contributed by atoms with Gasteiger partial charge in [0, 0.05) is 43.7 Å². The van der Waals surface area contributed by atoms with Crippen LogP contribution < -0.4 is 10.2 Å². The summed E-state index contributed by atoms with van der Waals surface area (Å²) >= 11 is 2.50. The van der Waals surface area contributed by atoms with Crippen LogP contribution in [0.5, 0.6) is 5.75 Å². The van der Waals surface area contributed by atoms with E-state index in [1.807, 2.05) is 17.2 Å². The highest BCUT2D eigenvalue weighted by Gasteiger charge is 2.47. The third-order valence-corrected chi connectivity index (χ3v) is 10.9. The van der Waals surface area contributed by atoms with E-state index < -0.39 is 36.0 Å². The maximum Gasteiger partial charge on any atom is 0.490 e. The molecule has 1 atom stereocenters. The zero-order chi connectivity index (χ0) is 43.9. The van der Waals surface area contributed by atoms with Crippen molar-refractivity contribution in [2.24, 2.45) is 0 Å². The van der Waals surface area contributed by atoms with Gasteiger partial charge in [-0.05, 0) is 63.8 Å². The molecule has 2 aliphatic rings. The van der Waals surface area contributed by atoms with Gasteiger partial charge in [-0.25, -0.2) is 14.6 Å². The number of aliphatic hydroxyl groups excluding tert-OH is 1. The lowest BCUT2D eigenvalue weighted by Crippen LogP contribution is -2.63. The second-order valence-electron chi connectivity index (χ2n) is 14.5. The number of phenolic OH excluding ortho intramolecular Hbond substituents is 1. The lowest BCUT2D eigenvalue weighted by Gasteiger charge is -2.53. The highest BCUT2D eigenvalue weighted by molar-refractivity contribution is 7.16. The number of benzene rings is 2. The molecule has 0 bridgehead atoms. The number of rotatable bonds is 9. The number of aliphatic carboxylic acids is 2. The number of thiazole rings is 2. The summed E-state index contributed by atoms with van der Waals surface area (Å²) < 4.78 is 70.7. The van der Waals surface area contributed by atoms with Crippen LogP contribution in [0.15, 0.2) is 46.6 Å². The van der Waals surface area contributed by atoms with Gasteiger partial charge in [0.15, 0.2) is 0 Å². The molecule has 4 heterocycles. The zero-order valence-corrected chi connectivity index (χ0v) is 33.6. The number of fused-ring (bicyclic) bond motifs is 1. The van der Waals surface area contributed by atoms with Gasteiger partial charge < -0.3 is 40.4 Å². The molecule has 324 valence electrons. The summed E-state index contributed by atoms with van der Waals surface area (Å²) in [4.78, 5) is 54.1. The summed E-state index contributed by atoms with van der Waals surface area (Å²) in [5.41, 5.74) is 3.25. The number of aromatic amines is 1. The summed E-state index contributed by atoms with van der Waals surface area (Å²) in [6, 6.07) is 11.8. The fraction of sp³-hybridized carbons (Fsp3) is 0.486. The van der Waals surface area contributed by atoms with Crippen LogP contribution in [0.2, 0.25) is 0 Å². The second kappa shape index (κ2) is 19.2. The number of ether oxygens (including phenoxy) is 1. The maximum absolute atomic E-state index is 13.3. The molecule has 0 aliphatic carbocycles. The number of hydrogen-bond donors (Lipinski definition) is 6. The molecule has 4 aromatic rings. The Morgan fingerprint density at radius 3 is 2.19 bits per heavy atom. The topological polar surface area (TPSA) is 206 Å². The van der Waals surface area contributed by atoms with E-state index in [9.17, 15) is 46.1 Å². The number of carbonyl (C=O) groups excluding carboxylic acids is 1. The van der Waals surface area contributed by atoms with Crippen molar-refractivity contribution in [3.63, 3.8) is 0 Å². The van der Waals surface area contributed by atoms with Crippen molar-refractivity contribution in [1.82, 2.24) is 25.1 Å². The molecule has 6 N–H and O–H groups in total. The minimum absolute atomic E-state index is 0.00299. The highest BCUT2D eigenvalue weighted by atomic mass is 32.1. The van der Waals surface area contributed by atoms with E-state index in [-0.39, 0.29) is 22.1 Å². The molecule has 0 radical (unpaired) electrons. The molecule has 22 heteroatoms. The number of phenols is 1. The van der Waals surface area contributed by atoms with E-state index in [1.165, 1.54) is 28.5 Å². The van der Waals surface area contributed by atoms with Gasteiger partial charge in [-0.3, -0.25) is 14.5 Å². The third kappa shape index (κ3) is 13.4. The molecular formula is C37H43F6N5O9S2. The molecule has 2 aromatic carbocycles. The van der Waals surface area contributed by atoms with Crippen LogP contribution in [0.4, 0.5) is 26.3 Å². The van der Waals surface area contributed by atoms with E-state index >= 15 is 0 Å². The SMILES string of the molecule is Cc1nc(C(=O)N2CC(C)(C)OC3(CCN(Cc4cccc(CCNC[C@H](O)c5ccc(O)c6[nH]c(=O)sc56)c4)CC3)C2)cs1.O=C(O)C(F)(F)F.O=C(O)C(F)(F)F. The van der Waals surface area contributed by atoms with Gasteiger partial charge in [-0.2, -0.15) is 26.3 Å². The minimum atomic E-state index is -5.08.